The molecule has 1 aromatic carbocycles. The Morgan fingerprint density at radius 3 is 2.55 bits per heavy atom. The van der Waals surface area contributed by atoms with E-state index >= 15 is 0 Å². The number of rotatable bonds is 7. The molecule has 1 aliphatic rings. The summed E-state index contributed by atoms with van der Waals surface area (Å²) in [5.41, 5.74) is 2.54. The number of amides is 1. The van der Waals surface area contributed by atoms with Crippen molar-refractivity contribution >= 4 is 44.9 Å². The van der Waals surface area contributed by atoms with Gasteiger partial charge < -0.3 is 20.4 Å². The lowest BCUT2D eigenvalue weighted by atomic mass is 10.1. The summed E-state index contributed by atoms with van der Waals surface area (Å²) in [4.78, 5) is 31.1. The zero-order valence-corrected chi connectivity index (χ0v) is 23.7. The Bertz CT molecular complexity index is 1370. The molecule has 3 aromatic heterocycles. The topological polar surface area (TPSA) is 86.3 Å². The Hall–Kier alpha value is -3.56. The fourth-order valence-corrected chi connectivity index (χ4v) is 5.15. The van der Waals surface area contributed by atoms with Crippen LogP contribution in [0, 0.1) is 0 Å². The van der Waals surface area contributed by atoms with Gasteiger partial charge in [-0.05, 0) is 64.5 Å². The van der Waals surface area contributed by atoms with Crippen LogP contribution >= 0.6 is 11.3 Å². The van der Waals surface area contributed by atoms with E-state index in [0.717, 1.165) is 70.3 Å². The second kappa shape index (κ2) is 12.8. The number of fused-ring (bicyclic) bond motifs is 1. The average molecular weight is 532 g/mol. The van der Waals surface area contributed by atoms with Gasteiger partial charge in [-0.1, -0.05) is 25.1 Å². The Labute approximate surface area is 229 Å². The minimum Gasteiger partial charge on any atom is -0.357 e. The summed E-state index contributed by atoms with van der Waals surface area (Å²) in [5.74, 6) is 2.47. The fourth-order valence-electron chi connectivity index (χ4n) is 4.23. The number of anilines is 3. The van der Waals surface area contributed by atoms with Gasteiger partial charge in [-0.3, -0.25) is 4.79 Å². The standard InChI is InChI=1S/C27H30N6OS.C2H7N/c1-4-18(2)32(3)25-12-8-11-23(31-25)30-24-16-21-22(17-28-24)35-26(29-21)19-9-7-10-20(15-19)27(34)33-13-5-6-14-33;1-3-2/h7-12,15-18H,4-6,13-14H2,1-3H3,(H,28,30,31);3H,1-2H3. The normalized spacial score (nSPS) is 13.7. The number of hydrogen-bond acceptors (Lipinski definition) is 8. The molecule has 1 saturated heterocycles. The molecule has 8 nitrogen and oxygen atoms in total. The van der Waals surface area contributed by atoms with Gasteiger partial charge in [0.05, 0.1) is 10.2 Å². The largest absolute Gasteiger partial charge is 0.357 e. The Balaban J connectivity index is 0.00000107. The van der Waals surface area contributed by atoms with Crippen molar-refractivity contribution in [2.45, 2.75) is 39.2 Å². The molecule has 2 N–H and O–H groups in total. The van der Waals surface area contributed by atoms with Crippen LogP contribution in [0.2, 0.25) is 0 Å². The predicted molar refractivity (Wildman–Crippen MR) is 159 cm³/mol. The van der Waals surface area contributed by atoms with Gasteiger partial charge in [0.1, 0.15) is 22.5 Å². The molecule has 38 heavy (non-hydrogen) atoms. The highest BCUT2D eigenvalue weighted by molar-refractivity contribution is 7.21. The highest BCUT2D eigenvalue weighted by Crippen LogP contribution is 2.32. The third-order valence-electron chi connectivity index (χ3n) is 6.63. The van der Waals surface area contributed by atoms with Crippen LogP contribution in [0.3, 0.4) is 0 Å². The van der Waals surface area contributed by atoms with Gasteiger partial charge in [0.25, 0.3) is 5.91 Å². The van der Waals surface area contributed by atoms with E-state index in [2.05, 4.69) is 41.4 Å². The summed E-state index contributed by atoms with van der Waals surface area (Å²) in [6, 6.07) is 16.1. The van der Waals surface area contributed by atoms with Gasteiger partial charge in [-0.25, -0.2) is 15.0 Å². The van der Waals surface area contributed by atoms with Crippen LogP contribution in [-0.4, -0.2) is 66.0 Å². The van der Waals surface area contributed by atoms with E-state index in [0.29, 0.717) is 11.9 Å². The summed E-state index contributed by atoms with van der Waals surface area (Å²) in [6.07, 6.45) is 5.06. The van der Waals surface area contributed by atoms with Crippen molar-refractivity contribution in [3.63, 3.8) is 0 Å². The molecule has 200 valence electrons. The third-order valence-corrected chi connectivity index (χ3v) is 7.68. The number of nitrogens with zero attached hydrogens (tertiary/aromatic N) is 5. The summed E-state index contributed by atoms with van der Waals surface area (Å²) in [5, 5.41) is 6.95. The predicted octanol–water partition coefficient (Wildman–Crippen LogP) is 5.80. The molecule has 0 aliphatic carbocycles. The molecule has 1 unspecified atom stereocenters. The number of hydrogen-bond donors (Lipinski definition) is 2. The van der Waals surface area contributed by atoms with Crippen molar-refractivity contribution in [1.82, 2.24) is 25.2 Å². The van der Waals surface area contributed by atoms with Gasteiger partial charge in [0, 0.05) is 49.6 Å². The van der Waals surface area contributed by atoms with Crippen molar-refractivity contribution < 1.29 is 4.79 Å². The third kappa shape index (κ3) is 6.46. The molecule has 0 spiro atoms. The van der Waals surface area contributed by atoms with Crippen molar-refractivity contribution in [3.05, 3.63) is 60.3 Å². The van der Waals surface area contributed by atoms with Gasteiger partial charge in [0.2, 0.25) is 0 Å². The maximum absolute atomic E-state index is 12.8. The number of pyridine rings is 2. The second-order valence-electron chi connectivity index (χ2n) is 9.51. The van der Waals surface area contributed by atoms with Crippen LogP contribution in [0.1, 0.15) is 43.5 Å². The first kappa shape index (κ1) is 27.5. The van der Waals surface area contributed by atoms with Crippen LogP contribution < -0.4 is 15.5 Å². The summed E-state index contributed by atoms with van der Waals surface area (Å²) in [6.45, 7) is 6.05. The van der Waals surface area contributed by atoms with E-state index in [4.69, 9.17) is 9.97 Å². The molecule has 1 fully saturated rings. The lowest BCUT2D eigenvalue weighted by Gasteiger charge is -2.25. The molecule has 5 rings (SSSR count). The van der Waals surface area contributed by atoms with E-state index in [-0.39, 0.29) is 5.91 Å². The average Bonchev–Trinajstić information content (AvgIpc) is 3.63. The number of nitrogens with one attached hydrogen (secondary N) is 2. The number of carbonyl (C=O) groups excluding carboxylic acids is 1. The Kier molecular flexibility index (Phi) is 9.25. The zero-order chi connectivity index (χ0) is 27.1. The van der Waals surface area contributed by atoms with Gasteiger partial charge in [-0.15, -0.1) is 11.3 Å². The first-order valence-corrected chi connectivity index (χ1v) is 14.0. The first-order valence-electron chi connectivity index (χ1n) is 13.1. The smallest absolute Gasteiger partial charge is 0.253 e. The van der Waals surface area contributed by atoms with Crippen LogP contribution in [0.25, 0.3) is 20.8 Å². The van der Waals surface area contributed by atoms with Crippen LogP contribution in [0.4, 0.5) is 17.5 Å². The lowest BCUT2D eigenvalue weighted by Crippen LogP contribution is -2.28. The molecule has 1 aliphatic heterocycles. The number of likely N-dealkylation sites (tertiary alicyclic amines) is 1. The maximum Gasteiger partial charge on any atom is 0.253 e. The van der Waals surface area contributed by atoms with Crippen molar-refractivity contribution in [3.8, 4) is 10.6 Å². The van der Waals surface area contributed by atoms with Gasteiger partial charge in [-0.2, -0.15) is 0 Å². The van der Waals surface area contributed by atoms with Gasteiger partial charge >= 0.3 is 0 Å². The number of aromatic nitrogens is 3. The zero-order valence-electron chi connectivity index (χ0n) is 22.9. The molecule has 0 bridgehead atoms. The fraction of sp³-hybridized carbons (Fsp3) is 0.379. The summed E-state index contributed by atoms with van der Waals surface area (Å²) in [7, 11) is 5.81. The van der Waals surface area contributed by atoms with E-state index in [1.54, 1.807) is 11.3 Å². The van der Waals surface area contributed by atoms with Crippen molar-refractivity contribution in [1.29, 1.82) is 0 Å². The van der Waals surface area contributed by atoms with Crippen LogP contribution in [-0.2, 0) is 0 Å². The quantitative estimate of drug-likeness (QED) is 0.312. The second-order valence-corrected chi connectivity index (χ2v) is 10.5. The molecular weight excluding hydrogens is 494 g/mol. The molecular formula is C29H37N7OS. The first-order chi connectivity index (χ1) is 18.4. The minimum atomic E-state index is 0.104. The monoisotopic (exact) mass is 531 g/mol. The number of thiazole rings is 1. The molecule has 4 aromatic rings. The molecule has 9 heteroatoms. The Morgan fingerprint density at radius 2 is 1.82 bits per heavy atom. The lowest BCUT2D eigenvalue weighted by molar-refractivity contribution is 0.0793. The van der Waals surface area contributed by atoms with E-state index in [1.165, 1.54) is 0 Å². The van der Waals surface area contributed by atoms with Crippen molar-refractivity contribution in [2.75, 3.05) is 44.4 Å². The number of carbonyl (C=O) groups is 1. The Morgan fingerprint density at radius 1 is 1.08 bits per heavy atom. The SMILES string of the molecule is CCC(C)N(C)c1cccc(Nc2cc3nc(-c4cccc(C(=O)N5CCCC5)c4)sc3cn2)n1.CNC. The van der Waals surface area contributed by atoms with Crippen LogP contribution in [0.15, 0.2) is 54.7 Å². The molecule has 0 saturated carbocycles. The highest BCUT2D eigenvalue weighted by atomic mass is 32.1. The number of benzene rings is 1. The summed E-state index contributed by atoms with van der Waals surface area (Å²) < 4.78 is 1.00. The highest BCUT2D eigenvalue weighted by Gasteiger charge is 2.20. The van der Waals surface area contributed by atoms with Gasteiger partial charge in [0.15, 0.2) is 0 Å². The summed E-state index contributed by atoms with van der Waals surface area (Å²) >= 11 is 1.58. The molecule has 1 amide bonds. The van der Waals surface area contributed by atoms with E-state index in [9.17, 15) is 4.79 Å². The molecule has 0 radical (unpaired) electrons. The van der Waals surface area contributed by atoms with E-state index in [1.807, 2.05) is 73.7 Å². The minimum absolute atomic E-state index is 0.104. The van der Waals surface area contributed by atoms with E-state index < -0.39 is 0 Å². The molecule has 1 atom stereocenters. The van der Waals surface area contributed by atoms with Crippen LogP contribution in [0.5, 0.6) is 0 Å². The maximum atomic E-state index is 12.8. The van der Waals surface area contributed by atoms with Crippen molar-refractivity contribution in [2.24, 2.45) is 0 Å². The molecule has 4 heterocycles.